The van der Waals surface area contributed by atoms with Crippen LogP contribution in [0.25, 0.3) is 0 Å². The molecular formula is C14H20N2O5. The van der Waals surface area contributed by atoms with Crippen LogP contribution < -0.4 is 9.64 Å². The zero-order valence-electron chi connectivity index (χ0n) is 12.2. The molecule has 2 rings (SSSR count). The van der Waals surface area contributed by atoms with Gasteiger partial charge in [0.2, 0.25) is 0 Å². The van der Waals surface area contributed by atoms with Crippen LogP contribution in [0.1, 0.15) is 13.8 Å². The van der Waals surface area contributed by atoms with Crippen molar-refractivity contribution in [3.8, 4) is 5.75 Å². The topological polar surface area (TPSA) is 85.1 Å². The molecule has 1 aromatic carbocycles. The molecule has 1 unspecified atom stereocenters. The molecule has 116 valence electrons. The number of hydrogen-bond donors (Lipinski definition) is 1. The summed E-state index contributed by atoms with van der Waals surface area (Å²) in [7, 11) is 0. The van der Waals surface area contributed by atoms with Gasteiger partial charge in [0.05, 0.1) is 36.4 Å². The molecule has 0 saturated carbocycles. The monoisotopic (exact) mass is 296 g/mol. The van der Waals surface area contributed by atoms with E-state index in [0.717, 1.165) is 0 Å². The van der Waals surface area contributed by atoms with Crippen LogP contribution in [0.2, 0.25) is 0 Å². The molecular weight excluding hydrogens is 276 g/mol. The lowest BCUT2D eigenvalue weighted by Crippen LogP contribution is -2.44. The van der Waals surface area contributed by atoms with Crippen LogP contribution in [0.5, 0.6) is 5.75 Å². The summed E-state index contributed by atoms with van der Waals surface area (Å²) in [5.74, 6) is 0.473. The molecule has 1 fully saturated rings. The molecule has 7 heteroatoms. The number of hydrogen-bond acceptors (Lipinski definition) is 6. The zero-order valence-corrected chi connectivity index (χ0v) is 12.2. The van der Waals surface area contributed by atoms with Gasteiger partial charge in [0.25, 0.3) is 5.69 Å². The van der Waals surface area contributed by atoms with Crippen LogP contribution >= 0.6 is 0 Å². The predicted octanol–water partition coefficient (Wildman–Crippen LogP) is 1.58. The maximum Gasteiger partial charge on any atom is 0.275 e. The number of morpholine rings is 1. The molecule has 0 radical (unpaired) electrons. The molecule has 0 aliphatic carbocycles. The highest BCUT2D eigenvalue weighted by atomic mass is 16.6. The highest BCUT2D eigenvalue weighted by molar-refractivity contribution is 5.58. The standard InChI is InChI=1S/C14H20N2O5/c1-10(2)21-13-6-11(5-12(7-13)16(18)19)15-3-4-20-14(8-15)9-17/h5-7,10,14,17H,3-4,8-9H2,1-2H3. The second kappa shape index (κ2) is 6.73. The van der Waals surface area contributed by atoms with Crippen LogP contribution in [0, 0.1) is 10.1 Å². The molecule has 0 amide bonds. The highest BCUT2D eigenvalue weighted by Crippen LogP contribution is 2.30. The zero-order chi connectivity index (χ0) is 15.4. The van der Waals surface area contributed by atoms with Crippen molar-refractivity contribution in [2.75, 3.05) is 31.2 Å². The first-order valence-electron chi connectivity index (χ1n) is 6.93. The number of nitro groups is 1. The number of nitrogens with zero attached hydrogens (tertiary/aromatic N) is 2. The molecule has 1 aliphatic heterocycles. The highest BCUT2D eigenvalue weighted by Gasteiger charge is 2.22. The van der Waals surface area contributed by atoms with Gasteiger partial charge in [0.1, 0.15) is 5.75 Å². The van der Waals surface area contributed by atoms with Crippen LogP contribution in [0.15, 0.2) is 18.2 Å². The van der Waals surface area contributed by atoms with E-state index in [1.165, 1.54) is 12.1 Å². The van der Waals surface area contributed by atoms with Crippen molar-refractivity contribution in [3.05, 3.63) is 28.3 Å². The minimum absolute atomic E-state index is 0.00445. The van der Waals surface area contributed by atoms with Gasteiger partial charge in [-0.05, 0) is 13.8 Å². The third-order valence-electron chi connectivity index (χ3n) is 3.17. The summed E-state index contributed by atoms with van der Waals surface area (Å²) >= 11 is 0. The predicted molar refractivity (Wildman–Crippen MR) is 77.9 cm³/mol. The Labute approximate surface area is 123 Å². The second-order valence-corrected chi connectivity index (χ2v) is 5.23. The van der Waals surface area contributed by atoms with Gasteiger partial charge in [0.15, 0.2) is 0 Å². The Hall–Kier alpha value is -1.86. The summed E-state index contributed by atoms with van der Waals surface area (Å²) in [5.41, 5.74) is 0.705. The molecule has 1 heterocycles. The summed E-state index contributed by atoms with van der Waals surface area (Å²) in [4.78, 5) is 12.6. The van der Waals surface area contributed by atoms with Crippen LogP contribution in [0.3, 0.4) is 0 Å². The third kappa shape index (κ3) is 4.05. The molecule has 0 aromatic heterocycles. The van der Waals surface area contributed by atoms with Crippen LogP contribution in [0.4, 0.5) is 11.4 Å². The molecule has 0 spiro atoms. The molecule has 1 saturated heterocycles. The Bertz CT molecular complexity index is 506. The van der Waals surface area contributed by atoms with Gasteiger partial charge in [0, 0.05) is 30.9 Å². The fourth-order valence-electron chi connectivity index (χ4n) is 2.26. The Morgan fingerprint density at radius 1 is 1.52 bits per heavy atom. The molecule has 1 N–H and O–H groups in total. The molecule has 1 aromatic rings. The van der Waals surface area contributed by atoms with Crippen molar-refractivity contribution in [2.24, 2.45) is 0 Å². The number of anilines is 1. The van der Waals surface area contributed by atoms with Gasteiger partial charge in [-0.3, -0.25) is 10.1 Å². The summed E-state index contributed by atoms with van der Waals surface area (Å²) < 4.78 is 11.0. The van der Waals surface area contributed by atoms with Crippen LogP contribution in [-0.2, 0) is 4.74 Å². The lowest BCUT2D eigenvalue weighted by molar-refractivity contribution is -0.384. The van der Waals surface area contributed by atoms with Crippen molar-refractivity contribution < 1.29 is 19.5 Å². The summed E-state index contributed by atoms with van der Waals surface area (Å²) in [6, 6.07) is 4.73. The minimum Gasteiger partial charge on any atom is -0.491 e. The Morgan fingerprint density at radius 2 is 2.29 bits per heavy atom. The number of rotatable bonds is 5. The van der Waals surface area contributed by atoms with E-state index in [9.17, 15) is 15.2 Å². The number of ether oxygens (including phenoxy) is 2. The van der Waals surface area contributed by atoms with E-state index in [0.29, 0.717) is 31.1 Å². The van der Waals surface area contributed by atoms with E-state index < -0.39 is 4.92 Å². The average Bonchev–Trinajstić information content (AvgIpc) is 2.46. The Morgan fingerprint density at radius 3 is 2.90 bits per heavy atom. The minimum atomic E-state index is -0.430. The SMILES string of the molecule is CC(C)Oc1cc(N2CCOC(CO)C2)cc([N+](=O)[O-])c1. The number of benzene rings is 1. The van der Waals surface area contributed by atoms with E-state index in [1.807, 2.05) is 18.7 Å². The summed E-state index contributed by atoms with van der Waals surface area (Å²) in [6.45, 7) is 5.27. The van der Waals surface area contributed by atoms with E-state index in [-0.39, 0.29) is 24.5 Å². The molecule has 0 bridgehead atoms. The molecule has 1 aliphatic rings. The fraction of sp³-hybridized carbons (Fsp3) is 0.571. The van der Waals surface area contributed by atoms with Gasteiger partial charge >= 0.3 is 0 Å². The Balaban J connectivity index is 2.28. The first kappa shape index (κ1) is 15.5. The number of aliphatic hydroxyl groups is 1. The van der Waals surface area contributed by atoms with Crippen molar-refractivity contribution >= 4 is 11.4 Å². The lowest BCUT2D eigenvalue weighted by Gasteiger charge is -2.33. The van der Waals surface area contributed by atoms with Gasteiger partial charge in [-0.15, -0.1) is 0 Å². The largest absolute Gasteiger partial charge is 0.491 e. The van der Waals surface area contributed by atoms with Crippen molar-refractivity contribution in [1.29, 1.82) is 0 Å². The summed E-state index contributed by atoms with van der Waals surface area (Å²) in [5, 5.41) is 20.2. The van der Waals surface area contributed by atoms with Gasteiger partial charge in [-0.25, -0.2) is 0 Å². The Kier molecular flexibility index (Phi) is 4.98. The maximum absolute atomic E-state index is 11.1. The van der Waals surface area contributed by atoms with E-state index in [1.54, 1.807) is 6.07 Å². The van der Waals surface area contributed by atoms with Crippen molar-refractivity contribution in [1.82, 2.24) is 0 Å². The van der Waals surface area contributed by atoms with Crippen molar-refractivity contribution in [3.63, 3.8) is 0 Å². The maximum atomic E-state index is 11.1. The molecule has 21 heavy (non-hydrogen) atoms. The van der Waals surface area contributed by atoms with Gasteiger partial charge in [-0.1, -0.05) is 0 Å². The summed E-state index contributed by atoms with van der Waals surface area (Å²) in [6.07, 6.45) is -0.331. The second-order valence-electron chi connectivity index (χ2n) is 5.23. The van der Waals surface area contributed by atoms with E-state index in [2.05, 4.69) is 0 Å². The first-order chi connectivity index (χ1) is 9.99. The van der Waals surface area contributed by atoms with E-state index >= 15 is 0 Å². The normalized spacial score (nSPS) is 18.9. The third-order valence-corrected chi connectivity index (χ3v) is 3.17. The lowest BCUT2D eigenvalue weighted by atomic mass is 10.2. The van der Waals surface area contributed by atoms with Gasteiger partial charge in [-0.2, -0.15) is 0 Å². The van der Waals surface area contributed by atoms with Crippen LogP contribution in [-0.4, -0.2) is 48.5 Å². The smallest absolute Gasteiger partial charge is 0.275 e. The molecule has 1 atom stereocenters. The number of nitro benzene ring substituents is 1. The number of aliphatic hydroxyl groups excluding tert-OH is 1. The van der Waals surface area contributed by atoms with Crippen molar-refractivity contribution in [2.45, 2.75) is 26.1 Å². The average molecular weight is 296 g/mol. The van der Waals surface area contributed by atoms with Gasteiger partial charge < -0.3 is 19.5 Å². The van der Waals surface area contributed by atoms with E-state index in [4.69, 9.17) is 9.47 Å². The molecule has 7 nitrogen and oxygen atoms in total. The fourth-order valence-corrected chi connectivity index (χ4v) is 2.26. The number of non-ortho nitro benzene ring substituents is 1. The first-order valence-corrected chi connectivity index (χ1v) is 6.93. The quantitative estimate of drug-likeness (QED) is 0.656.